The number of rotatable bonds is 6. The van der Waals surface area contributed by atoms with E-state index in [1.54, 1.807) is 20.2 Å². The number of likely N-dealkylation sites (N-methyl/N-ethyl adjacent to an activating group) is 1. The van der Waals surface area contributed by atoms with Gasteiger partial charge in [-0.2, -0.15) is 0 Å². The number of hydrogen-bond acceptors (Lipinski definition) is 3. The van der Waals surface area contributed by atoms with Gasteiger partial charge >= 0.3 is 0 Å². The number of halogens is 2. The van der Waals surface area contributed by atoms with E-state index in [1.165, 1.54) is 0 Å². The summed E-state index contributed by atoms with van der Waals surface area (Å²) in [5.74, 6) is -0.0587. The number of benzene rings is 1. The smallest absolute Gasteiger partial charge is 0.234 e. The van der Waals surface area contributed by atoms with Crippen LogP contribution in [0.1, 0.15) is 11.7 Å². The highest BCUT2D eigenvalue weighted by Crippen LogP contribution is 2.19. The zero-order valence-corrected chi connectivity index (χ0v) is 12.0. The Morgan fingerprint density at radius 1 is 1.50 bits per heavy atom. The first-order valence-corrected chi connectivity index (χ1v) is 5.74. The van der Waals surface area contributed by atoms with Gasteiger partial charge in [-0.05, 0) is 24.7 Å². The zero-order chi connectivity index (χ0) is 12.7. The molecule has 1 rings (SSSR count). The van der Waals surface area contributed by atoms with E-state index < -0.39 is 0 Å². The Balaban J connectivity index is 0.00000289. The largest absolute Gasteiger partial charge is 0.375 e. The molecular weight excluding hydrogens is 275 g/mol. The van der Waals surface area contributed by atoms with Crippen molar-refractivity contribution in [1.82, 2.24) is 10.6 Å². The lowest BCUT2D eigenvalue weighted by molar-refractivity contribution is -0.120. The molecule has 0 spiro atoms. The molecule has 0 saturated heterocycles. The fraction of sp³-hybridized carbons (Fsp3) is 0.417. The molecule has 0 fully saturated rings. The van der Waals surface area contributed by atoms with E-state index in [0.717, 1.165) is 5.56 Å². The minimum atomic E-state index is -0.186. The summed E-state index contributed by atoms with van der Waals surface area (Å²) in [5.41, 5.74) is 0.949. The predicted octanol–water partition coefficient (Wildman–Crippen LogP) is 1.78. The maximum Gasteiger partial charge on any atom is 0.234 e. The molecule has 1 unspecified atom stereocenters. The average Bonchev–Trinajstić information content (AvgIpc) is 2.30. The maximum atomic E-state index is 11.3. The van der Waals surface area contributed by atoms with Crippen LogP contribution in [0.3, 0.4) is 0 Å². The van der Waals surface area contributed by atoms with Gasteiger partial charge in [-0.15, -0.1) is 12.4 Å². The van der Waals surface area contributed by atoms with Gasteiger partial charge in [-0.1, -0.05) is 23.7 Å². The average molecular weight is 293 g/mol. The van der Waals surface area contributed by atoms with Gasteiger partial charge in [0.15, 0.2) is 0 Å². The van der Waals surface area contributed by atoms with Crippen LogP contribution >= 0.6 is 24.0 Å². The summed E-state index contributed by atoms with van der Waals surface area (Å²) in [4.78, 5) is 11.3. The standard InChI is InChI=1S/C12H17ClN2O2.ClH/c1-14-8-12(16)15-7-11(17-2)9-4-3-5-10(13)6-9;/h3-6,11,14H,7-8H2,1-2H3,(H,15,16);1H. The lowest BCUT2D eigenvalue weighted by Gasteiger charge is -2.16. The molecule has 0 aliphatic carbocycles. The molecule has 4 nitrogen and oxygen atoms in total. The van der Waals surface area contributed by atoms with Crippen molar-refractivity contribution in [2.24, 2.45) is 0 Å². The van der Waals surface area contributed by atoms with Crippen molar-refractivity contribution in [1.29, 1.82) is 0 Å². The van der Waals surface area contributed by atoms with Gasteiger partial charge in [0.1, 0.15) is 0 Å². The number of methoxy groups -OCH3 is 1. The van der Waals surface area contributed by atoms with Gasteiger partial charge in [0.25, 0.3) is 0 Å². The molecule has 6 heteroatoms. The summed E-state index contributed by atoms with van der Waals surface area (Å²) in [7, 11) is 3.33. The van der Waals surface area contributed by atoms with E-state index in [-0.39, 0.29) is 24.4 Å². The molecule has 0 bridgehead atoms. The molecule has 1 atom stereocenters. The van der Waals surface area contributed by atoms with Crippen LogP contribution in [0.2, 0.25) is 5.02 Å². The number of carbonyl (C=O) groups excluding carboxylic acids is 1. The van der Waals surface area contributed by atoms with Crippen LogP contribution in [0.5, 0.6) is 0 Å². The normalized spacial score (nSPS) is 11.5. The van der Waals surface area contributed by atoms with E-state index >= 15 is 0 Å². The van der Waals surface area contributed by atoms with Crippen LogP contribution in [0.4, 0.5) is 0 Å². The van der Waals surface area contributed by atoms with Crippen LogP contribution in [0.25, 0.3) is 0 Å². The van der Waals surface area contributed by atoms with Gasteiger partial charge in [0.2, 0.25) is 5.91 Å². The van der Waals surface area contributed by atoms with E-state index in [0.29, 0.717) is 18.1 Å². The number of ether oxygens (including phenoxy) is 1. The Morgan fingerprint density at radius 3 is 2.78 bits per heavy atom. The fourth-order valence-corrected chi connectivity index (χ4v) is 1.67. The van der Waals surface area contributed by atoms with Gasteiger partial charge in [0.05, 0.1) is 12.6 Å². The van der Waals surface area contributed by atoms with E-state index in [1.807, 2.05) is 18.2 Å². The quantitative estimate of drug-likeness (QED) is 0.840. The van der Waals surface area contributed by atoms with Gasteiger partial charge in [0, 0.05) is 18.7 Å². The second-order valence-electron chi connectivity index (χ2n) is 3.61. The van der Waals surface area contributed by atoms with E-state index in [9.17, 15) is 4.79 Å². The molecule has 102 valence electrons. The van der Waals surface area contributed by atoms with Crippen LogP contribution in [0.15, 0.2) is 24.3 Å². The highest BCUT2D eigenvalue weighted by atomic mass is 35.5. The number of amides is 1. The Hall–Kier alpha value is -0.810. The van der Waals surface area contributed by atoms with Crippen molar-refractivity contribution in [3.63, 3.8) is 0 Å². The molecule has 0 saturated carbocycles. The lowest BCUT2D eigenvalue weighted by Crippen LogP contribution is -2.35. The number of carbonyl (C=O) groups is 1. The fourth-order valence-electron chi connectivity index (χ4n) is 1.47. The molecule has 2 N–H and O–H groups in total. The van der Waals surface area contributed by atoms with E-state index in [2.05, 4.69) is 10.6 Å². The second kappa shape index (κ2) is 9.16. The SMILES string of the molecule is CNCC(=O)NCC(OC)c1cccc(Cl)c1.Cl. The monoisotopic (exact) mass is 292 g/mol. The summed E-state index contributed by atoms with van der Waals surface area (Å²) in [6.07, 6.45) is -0.186. The summed E-state index contributed by atoms with van der Waals surface area (Å²) in [6, 6.07) is 7.42. The second-order valence-corrected chi connectivity index (χ2v) is 4.05. The maximum absolute atomic E-state index is 11.3. The summed E-state index contributed by atoms with van der Waals surface area (Å²) < 4.78 is 5.33. The summed E-state index contributed by atoms with van der Waals surface area (Å²) in [5, 5.41) is 6.23. The van der Waals surface area contributed by atoms with Crippen LogP contribution in [-0.4, -0.2) is 33.2 Å². The Kier molecular flexibility index (Phi) is 8.75. The van der Waals surface area contributed by atoms with Crippen molar-refractivity contribution in [2.75, 3.05) is 27.2 Å². The molecular formula is C12H18Cl2N2O2. The summed E-state index contributed by atoms with van der Waals surface area (Å²) >= 11 is 5.91. The first-order chi connectivity index (χ1) is 8.17. The molecule has 0 heterocycles. The minimum absolute atomic E-state index is 0. The first-order valence-electron chi connectivity index (χ1n) is 5.37. The highest BCUT2D eigenvalue weighted by Gasteiger charge is 2.11. The molecule has 1 aromatic carbocycles. The van der Waals surface area contributed by atoms with Crippen molar-refractivity contribution < 1.29 is 9.53 Å². The number of nitrogens with one attached hydrogen (secondary N) is 2. The Morgan fingerprint density at radius 2 is 2.22 bits per heavy atom. The van der Waals surface area contributed by atoms with Crippen LogP contribution < -0.4 is 10.6 Å². The molecule has 0 aliphatic rings. The topological polar surface area (TPSA) is 50.4 Å². The molecule has 0 aromatic heterocycles. The minimum Gasteiger partial charge on any atom is -0.375 e. The van der Waals surface area contributed by atoms with Gasteiger partial charge in [-0.3, -0.25) is 4.79 Å². The first kappa shape index (κ1) is 17.2. The van der Waals surface area contributed by atoms with Crippen molar-refractivity contribution in [2.45, 2.75) is 6.10 Å². The number of hydrogen-bond donors (Lipinski definition) is 2. The third-order valence-electron chi connectivity index (χ3n) is 2.33. The summed E-state index contributed by atoms with van der Waals surface area (Å²) in [6.45, 7) is 0.726. The van der Waals surface area contributed by atoms with Crippen molar-refractivity contribution >= 4 is 29.9 Å². The lowest BCUT2D eigenvalue weighted by atomic mass is 10.1. The van der Waals surface area contributed by atoms with Crippen LogP contribution in [0, 0.1) is 0 Å². The molecule has 0 aliphatic heterocycles. The van der Waals surface area contributed by atoms with E-state index in [4.69, 9.17) is 16.3 Å². The Labute approximate surface area is 118 Å². The molecule has 1 amide bonds. The van der Waals surface area contributed by atoms with Crippen molar-refractivity contribution in [3.05, 3.63) is 34.9 Å². The Bertz CT molecular complexity index is 375. The van der Waals surface area contributed by atoms with Crippen molar-refractivity contribution in [3.8, 4) is 0 Å². The molecule has 0 radical (unpaired) electrons. The predicted molar refractivity (Wildman–Crippen MR) is 75.4 cm³/mol. The van der Waals surface area contributed by atoms with Crippen LogP contribution in [-0.2, 0) is 9.53 Å². The highest BCUT2D eigenvalue weighted by molar-refractivity contribution is 6.30. The third kappa shape index (κ3) is 5.69. The molecule has 1 aromatic rings. The van der Waals surface area contributed by atoms with Gasteiger partial charge < -0.3 is 15.4 Å². The van der Waals surface area contributed by atoms with Gasteiger partial charge in [-0.25, -0.2) is 0 Å². The third-order valence-corrected chi connectivity index (χ3v) is 2.56. The zero-order valence-electron chi connectivity index (χ0n) is 10.4. The molecule has 18 heavy (non-hydrogen) atoms.